The Labute approximate surface area is 119 Å². The number of rotatable bonds is 6. The number of likely N-dealkylation sites (N-methyl/N-ethyl adjacent to an activating group) is 1. The fourth-order valence-electron chi connectivity index (χ4n) is 3.59. The quantitative estimate of drug-likeness (QED) is 0.744. The molecule has 1 saturated carbocycles. The van der Waals surface area contributed by atoms with Crippen LogP contribution in [0.5, 0.6) is 0 Å². The fourth-order valence-corrected chi connectivity index (χ4v) is 3.59. The van der Waals surface area contributed by atoms with Crippen molar-refractivity contribution in [1.29, 1.82) is 0 Å². The highest BCUT2D eigenvalue weighted by Gasteiger charge is 2.22. The molecule has 1 atom stereocenters. The molecule has 19 heavy (non-hydrogen) atoms. The van der Waals surface area contributed by atoms with Gasteiger partial charge in [0.15, 0.2) is 0 Å². The van der Waals surface area contributed by atoms with E-state index in [4.69, 9.17) is 0 Å². The molecule has 1 aliphatic heterocycles. The van der Waals surface area contributed by atoms with E-state index in [2.05, 4.69) is 29.1 Å². The largest absolute Gasteiger partial charge is 0.315 e. The number of hydrogen-bond donors (Lipinski definition) is 1. The van der Waals surface area contributed by atoms with Crippen LogP contribution in [-0.4, -0.2) is 62.2 Å². The summed E-state index contributed by atoms with van der Waals surface area (Å²) in [7, 11) is 2.27. The Balaban J connectivity index is 1.55. The van der Waals surface area contributed by atoms with Crippen LogP contribution in [0.2, 0.25) is 0 Å². The lowest BCUT2D eigenvalue weighted by Gasteiger charge is -2.39. The van der Waals surface area contributed by atoms with Gasteiger partial charge in [0.25, 0.3) is 0 Å². The lowest BCUT2D eigenvalue weighted by atomic mass is 9.89. The Bertz CT molecular complexity index is 238. The molecular formula is C16H33N3. The Kier molecular flexibility index (Phi) is 6.62. The lowest BCUT2D eigenvalue weighted by molar-refractivity contribution is 0.0936. The molecule has 0 radical (unpaired) electrons. The van der Waals surface area contributed by atoms with E-state index >= 15 is 0 Å². The van der Waals surface area contributed by atoms with Gasteiger partial charge in [-0.1, -0.05) is 26.2 Å². The maximum atomic E-state index is 3.69. The average Bonchev–Trinajstić information content (AvgIpc) is 2.46. The summed E-state index contributed by atoms with van der Waals surface area (Å²) in [6.07, 6.45) is 8.59. The predicted octanol–water partition coefficient (Wildman–Crippen LogP) is 2.18. The first-order valence-corrected chi connectivity index (χ1v) is 8.43. The van der Waals surface area contributed by atoms with Gasteiger partial charge in [-0.25, -0.2) is 0 Å². The SMILES string of the molecule is CCC1CN(CCNCC2CCCCC2)CCN1C. The smallest absolute Gasteiger partial charge is 0.0218 e. The molecule has 112 valence electrons. The first kappa shape index (κ1) is 15.3. The van der Waals surface area contributed by atoms with Crippen molar-refractivity contribution in [2.24, 2.45) is 5.92 Å². The minimum absolute atomic E-state index is 0.770. The molecule has 3 heteroatoms. The highest BCUT2D eigenvalue weighted by atomic mass is 15.3. The van der Waals surface area contributed by atoms with Crippen molar-refractivity contribution in [3.63, 3.8) is 0 Å². The van der Waals surface area contributed by atoms with Gasteiger partial charge in [0.1, 0.15) is 0 Å². The maximum Gasteiger partial charge on any atom is 0.0218 e. The van der Waals surface area contributed by atoms with Gasteiger partial charge in [-0.15, -0.1) is 0 Å². The van der Waals surface area contributed by atoms with Gasteiger partial charge in [0.05, 0.1) is 0 Å². The molecule has 2 rings (SSSR count). The molecule has 1 heterocycles. The van der Waals surface area contributed by atoms with E-state index < -0.39 is 0 Å². The van der Waals surface area contributed by atoms with Gasteiger partial charge >= 0.3 is 0 Å². The zero-order valence-electron chi connectivity index (χ0n) is 13.0. The number of nitrogens with zero attached hydrogens (tertiary/aromatic N) is 2. The zero-order chi connectivity index (χ0) is 13.5. The van der Waals surface area contributed by atoms with Crippen LogP contribution in [0.3, 0.4) is 0 Å². The van der Waals surface area contributed by atoms with Crippen LogP contribution in [-0.2, 0) is 0 Å². The average molecular weight is 267 g/mol. The molecule has 2 aliphatic rings. The number of nitrogens with one attached hydrogen (secondary N) is 1. The van der Waals surface area contributed by atoms with Crippen molar-refractivity contribution < 1.29 is 0 Å². The second-order valence-electron chi connectivity index (χ2n) is 6.55. The standard InChI is InChI=1S/C16H33N3/c1-3-16-14-19(12-11-18(16)2)10-9-17-13-15-7-5-4-6-8-15/h15-17H,3-14H2,1-2H3. The third-order valence-electron chi connectivity index (χ3n) is 5.10. The number of hydrogen-bond acceptors (Lipinski definition) is 3. The second kappa shape index (κ2) is 8.23. The fraction of sp³-hybridized carbons (Fsp3) is 1.00. The third kappa shape index (κ3) is 5.05. The zero-order valence-corrected chi connectivity index (χ0v) is 13.0. The Morgan fingerprint density at radius 3 is 2.63 bits per heavy atom. The second-order valence-corrected chi connectivity index (χ2v) is 6.55. The van der Waals surface area contributed by atoms with Crippen molar-refractivity contribution in [2.75, 3.05) is 46.3 Å². The topological polar surface area (TPSA) is 18.5 Å². The summed E-state index contributed by atoms with van der Waals surface area (Å²) in [5, 5.41) is 3.69. The van der Waals surface area contributed by atoms with Crippen LogP contribution in [0.15, 0.2) is 0 Å². The van der Waals surface area contributed by atoms with Gasteiger partial charge in [-0.2, -0.15) is 0 Å². The molecule has 0 bridgehead atoms. The molecule has 0 spiro atoms. The van der Waals surface area contributed by atoms with Gasteiger partial charge in [0, 0.05) is 38.8 Å². The van der Waals surface area contributed by atoms with Crippen molar-refractivity contribution >= 4 is 0 Å². The molecule has 0 aromatic rings. The molecular weight excluding hydrogens is 234 g/mol. The van der Waals surface area contributed by atoms with E-state index in [0.717, 1.165) is 12.0 Å². The van der Waals surface area contributed by atoms with Crippen LogP contribution >= 0.6 is 0 Å². The maximum absolute atomic E-state index is 3.69. The predicted molar refractivity (Wildman–Crippen MR) is 82.6 cm³/mol. The summed E-state index contributed by atoms with van der Waals surface area (Å²) >= 11 is 0. The Morgan fingerprint density at radius 1 is 1.11 bits per heavy atom. The molecule has 0 amide bonds. The van der Waals surface area contributed by atoms with E-state index in [1.807, 2.05) is 0 Å². The summed E-state index contributed by atoms with van der Waals surface area (Å²) < 4.78 is 0. The van der Waals surface area contributed by atoms with Crippen LogP contribution in [0.1, 0.15) is 45.4 Å². The first-order chi connectivity index (χ1) is 9.29. The molecule has 1 unspecified atom stereocenters. The summed E-state index contributed by atoms with van der Waals surface area (Å²) in [4.78, 5) is 5.16. The van der Waals surface area contributed by atoms with E-state index in [9.17, 15) is 0 Å². The van der Waals surface area contributed by atoms with Crippen LogP contribution in [0, 0.1) is 5.92 Å². The van der Waals surface area contributed by atoms with Crippen LogP contribution < -0.4 is 5.32 Å². The molecule has 0 aromatic heterocycles. The minimum atomic E-state index is 0.770. The van der Waals surface area contributed by atoms with Crippen LogP contribution in [0.25, 0.3) is 0 Å². The first-order valence-electron chi connectivity index (χ1n) is 8.43. The number of piperazine rings is 1. The lowest BCUT2D eigenvalue weighted by Crippen LogP contribution is -2.52. The summed E-state index contributed by atoms with van der Waals surface area (Å²) in [6.45, 7) is 9.72. The van der Waals surface area contributed by atoms with Crippen LogP contribution in [0.4, 0.5) is 0 Å². The minimum Gasteiger partial charge on any atom is -0.315 e. The highest BCUT2D eigenvalue weighted by molar-refractivity contribution is 4.79. The molecule has 1 N–H and O–H groups in total. The van der Waals surface area contributed by atoms with Gasteiger partial charge < -0.3 is 10.2 Å². The Morgan fingerprint density at radius 2 is 1.89 bits per heavy atom. The molecule has 3 nitrogen and oxygen atoms in total. The van der Waals surface area contributed by atoms with Gasteiger partial charge in [-0.3, -0.25) is 4.90 Å². The third-order valence-corrected chi connectivity index (χ3v) is 5.10. The van der Waals surface area contributed by atoms with Crippen molar-refractivity contribution in [2.45, 2.75) is 51.5 Å². The van der Waals surface area contributed by atoms with Crippen molar-refractivity contribution in [1.82, 2.24) is 15.1 Å². The Hall–Kier alpha value is -0.120. The van der Waals surface area contributed by atoms with E-state index in [1.165, 1.54) is 77.8 Å². The van der Waals surface area contributed by atoms with Crippen molar-refractivity contribution in [3.05, 3.63) is 0 Å². The van der Waals surface area contributed by atoms with E-state index in [0.29, 0.717) is 0 Å². The van der Waals surface area contributed by atoms with E-state index in [1.54, 1.807) is 0 Å². The summed E-state index contributed by atoms with van der Waals surface area (Å²) in [5.41, 5.74) is 0. The molecule has 1 aliphatic carbocycles. The molecule has 2 fully saturated rings. The molecule has 1 saturated heterocycles. The highest BCUT2D eigenvalue weighted by Crippen LogP contribution is 2.22. The summed E-state index contributed by atoms with van der Waals surface area (Å²) in [6, 6.07) is 0.770. The van der Waals surface area contributed by atoms with E-state index in [-0.39, 0.29) is 0 Å². The van der Waals surface area contributed by atoms with Gasteiger partial charge in [-0.05, 0) is 38.8 Å². The monoisotopic (exact) mass is 267 g/mol. The molecule has 0 aromatic carbocycles. The normalized spacial score (nSPS) is 27.8. The summed E-state index contributed by atoms with van der Waals surface area (Å²) in [5.74, 6) is 0.963. The van der Waals surface area contributed by atoms with Crippen molar-refractivity contribution in [3.8, 4) is 0 Å². The van der Waals surface area contributed by atoms with Gasteiger partial charge in [0.2, 0.25) is 0 Å².